The number of carbonyl (C=O) groups excluding carboxylic acids is 1. The summed E-state index contributed by atoms with van der Waals surface area (Å²) in [5.41, 5.74) is 6.66. The van der Waals surface area contributed by atoms with Crippen molar-refractivity contribution in [2.24, 2.45) is 10.9 Å². The molecule has 3 N–H and O–H groups in total. The van der Waals surface area contributed by atoms with E-state index < -0.39 is 0 Å². The number of rotatable bonds is 8. The molecule has 0 aliphatic heterocycles. The van der Waals surface area contributed by atoms with Gasteiger partial charge >= 0.3 is 0 Å². The van der Waals surface area contributed by atoms with Crippen molar-refractivity contribution in [3.8, 4) is 0 Å². The van der Waals surface area contributed by atoms with E-state index in [-0.39, 0.29) is 11.7 Å². The molecule has 1 amide bonds. The minimum Gasteiger partial charge on any atom is -0.409 e. The van der Waals surface area contributed by atoms with Gasteiger partial charge in [-0.1, -0.05) is 35.5 Å². The van der Waals surface area contributed by atoms with E-state index in [4.69, 9.17) is 10.9 Å². The predicted octanol–water partition coefficient (Wildman–Crippen LogP) is 1.99. The number of nitrogens with zero attached hydrogens (tertiary/aromatic N) is 2. The van der Waals surface area contributed by atoms with Crippen LogP contribution < -0.4 is 5.73 Å². The summed E-state index contributed by atoms with van der Waals surface area (Å²) < 4.78 is 0. The Balaban J connectivity index is 2.32. The van der Waals surface area contributed by atoms with Gasteiger partial charge in [-0.05, 0) is 25.3 Å². The molecular weight excluding hydrogens is 254 g/mol. The second kappa shape index (κ2) is 8.96. The molecule has 0 spiro atoms. The van der Waals surface area contributed by atoms with Crippen molar-refractivity contribution in [1.29, 1.82) is 0 Å². The number of nitrogens with two attached hydrogens (primary N) is 1. The van der Waals surface area contributed by atoms with E-state index >= 15 is 0 Å². The van der Waals surface area contributed by atoms with Crippen molar-refractivity contribution in [2.75, 3.05) is 13.1 Å². The van der Waals surface area contributed by atoms with Crippen molar-refractivity contribution >= 4 is 11.7 Å². The average Bonchev–Trinajstić information content (AvgIpc) is 2.48. The summed E-state index contributed by atoms with van der Waals surface area (Å²) in [6.07, 6.45) is 2.67. The lowest BCUT2D eigenvalue weighted by Crippen LogP contribution is -2.33. The monoisotopic (exact) mass is 277 g/mol. The smallest absolute Gasteiger partial charge is 0.222 e. The van der Waals surface area contributed by atoms with E-state index in [1.165, 1.54) is 5.56 Å². The van der Waals surface area contributed by atoms with Crippen LogP contribution in [0, 0.1) is 0 Å². The molecule has 0 aliphatic carbocycles. The van der Waals surface area contributed by atoms with Gasteiger partial charge in [0.1, 0.15) is 5.84 Å². The van der Waals surface area contributed by atoms with Crippen molar-refractivity contribution < 1.29 is 10.0 Å². The second-order valence-corrected chi connectivity index (χ2v) is 4.65. The number of aryl methyl sites for hydroxylation is 1. The zero-order valence-corrected chi connectivity index (χ0v) is 12.0. The third-order valence-electron chi connectivity index (χ3n) is 3.20. The summed E-state index contributed by atoms with van der Waals surface area (Å²) in [5.74, 6) is 0.273. The summed E-state index contributed by atoms with van der Waals surface area (Å²) in [6, 6.07) is 10.1. The van der Waals surface area contributed by atoms with Crippen LogP contribution in [0.3, 0.4) is 0 Å². The van der Waals surface area contributed by atoms with Crippen molar-refractivity contribution in [3.05, 3.63) is 35.9 Å². The second-order valence-electron chi connectivity index (χ2n) is 4.65. The van der Waals surface area contributed by atoms with E-state index in [0.717, 1.165) is 12.8 Å². The fourth-order valence-electron chi connectivity index (χ4n) is 2.01. The first-order chi connectivity index (χ1) is 9.67. The van der Waals surface area contributed by atoms with Crippen LogP contribution in [0.25, 0.3) is 0 Å². The normalized spacial score (nSPS) is 11.3. The lowest BCUT2D eigenvalue weighted by atomic mass is 10.1. The SMILES string of the molecule is CCN(CCC(N)=NO)C(=O)CCCc1ccccc1. The Hall–Kier alpha value is -2.04. The maximum atomic E-state index is 12.0. The molecule has 1 aromatic rings. The summed E-state index contributed by atoms with van der Waals surface area (Å²) in [6.45, 7) is 3.07. The summed E-state index contributed by atoms with van der Waals surface area (Å²) in [7, 11) is 0. The summed E-state index contributed by atoms with van der Waals surface area (Å²) in [5, 5.41) is 11.4. The van der Waals surface area contributed by atoms with Gasteiger partial charge in [-0.3, -0.25) is 4.79 Å². The molecule has 1 rings (SSSR count). The Labute approximate surface area is 120 Å². The molecule has 5 nitrogen and oxygen atoms in total. The van der Waals surface area contributed by atoms with Crippen molar-refractivity contribution in [1.82, 2.24) is 4.90 Å². The topological polar surface area (TPSA) is 78.9 Å². The number of benzene rings is 1. The Morgan fingerprint density at radius 1 is 1.30 bits per heavy atom. The van der Waals surface area contributed by atoms with Gasteiger partial charge in [0.15, 0.2) is 0 Å². The third-order valence-corrected chi connectivity index (χ3v) is 3.20. The molecule has 20 heavy (non-hydrogen) atoms. The predicted molar refractivity (Wildman–Crippen MR) is 79.7 cm³/mol. The molecule has 0 bridgehead atoms. The molecular formula is C15H23N3O2. The fraction of sp³-hybridized carbons (Fsp3) is 0.467. The molecule has 0 atom stereocenters. The van der Waals surface area contributed by atoms with Crippen molar-refractivity contribution in [2.45, 2.75) is 32.6 Å². The van der Waals surface area contributed by atoms with Crippen LogP contribution in [0.5, 0.6) is 0 Å². The maximum Gasteiger partial charge on any atom is 0.222 e. The van der Waals surface area contributed by atoms with Gasteiger partial charge in [0.2, 0.25) is 5.91 Å². The largest absolute Gasteiger partial charge is 0.409 e. The summed E-state index contributed by atoms with van der Waals surface area (Å²) in [4.78, 5) is 13.8. The quantitative estimate of drug-likeness (QED) is 0.330. The van der Waals surface area contributed by atoms with Gasteiger partial charge in [0.25, 0.3) is 0 Å². The maximum absolute atomic E-state index is 12.0. The first-order valence-electron chi connectivity index (χ1n) is 6.95. The Morgan fingerprint density at radius 2 is 2.00 bits per heavy atom. The molecule has 0 unspecified atom stereocenters. The van der Waals surface area contributed by atoms with E-state index in [0.29, 0.717) is 25.9 Å². The Bertz CT molecular complexity index is 432. The number of oxime groups is 1. The highest BCUT2D eigenvalue weighted by molar-refractivity contribution is 5.81. The molecule has 0 radical (unpaired) electrons. The van der Waals surface area contributed by atoms with Gasteiger partial charge < -0.3 is 15.8 Å². The van der Waals surface area contributed by atoms with Gasteiger partial charge in [-0.15, -0.1) is 0 Å². The number of carbonyl (C=O) groups is 1. The molecule has 0 fully saturated rings. The first-order valence-corrected chi connectivity index (χ1v) is 6.95. The Morgan fingerprint density at radius 3 is 2.60 bits per heavy atom. The average molecular weight is 277 g/mol. The highest BCUT2D eigenvalue weighted by Crippen LogP contribution is 2.06. The lowest BCUT2D eigenvalue weighted by molar-refractivity contribution is -0.131. The fourth-order valence-corrected chi connectivity index (χ4v) is 2.01. The molecule has 0 aromatic heterocycles. The molecule has 110 valence electrons. The minimum absolute atomic E-state index is 0.120. The zero-order chi connectivity index (χ0) is 14.8. The molecule has 0 heterocycles. The Kier molecular flexibility index (Phi) is 7.17. The number of hydrogen-bond acceptors (Lipinski definition) is 3. The lowest BCUT2D eigenvalue weighted by Gasteiger charge is -2.20. The van der Waals surface area contributed by atoms with E-state index in [2.05, 4.69) is 17.3 Å². The third kappa shape index (κ3) is 5.73. The number of amidine groups is 1. The van der Waals surface area contributed by atoms with Crippen LogP contribution in [0.4, 0.5) is 0 Å². The van der Waals surface area contributed by atoms with E-state index in [1.807, 2.05) is 25.1 Å². The van der Waals surface area contributed by atoms with Gasteiger partial charge in [0.05, 0.1) is 0 Å². The first kappa shape index (κ1) is 16.0. The van der Waals surface area contributed by atoms with Crippen LogP contribution in [-0.2, 0) is 11.2 Å². The zero-order valence-electron chi connectivity index (χ0n) is 12.0. The number of hydrogen-bond donors (Lipinski definition) is 2. The van der Waals surface area contributed by atoms with Crippen LogP contribution in [0.15, 0.2) is 35.5 Å². The van der Waals surface area contributed by atoms with Crippen molar-refractivity contribution in [3.63, 3.8) is 0 Å². The van der Waals surface area contributed by atoms with Crippen LogP contribution in [0.1, 0.15) is 31.7 Å². The molecule has 0 saturated heterocycles. The van der Waals surface area contributed by atoms with Crippen LogP contribution >= 0.6 is 0 Å². The molecule has 0 aliphatic rings. The van der Waals surface area contributed by atoms with E-state index in [9.17, 15) is 4.79 Å². The van der Waals surface area contributed by atoms with Gasteiger partial charge in [-0.2, -0.15) is 0 Å². The van der Waals surface area contributed by atoms with Crippen LogP contribution in [0.2, 0.25) is 0 Å². The van der Waals surface area contributed by atoms with Gasteiger partial charge in [-0.25, -0.2) is 0 Å². The highest BCUT2D eigenvalue weighted by atomic mass is 16.4. The summed E-state index contributed by atoms with van der Waals surface area (Å²) >= 11 is 0. The van der Waals surface area contributed by atoms with Crippen LogP contribution in [-0.4, -0.2) is 34.9 Å². The number of amides is 1. The minimum atomic E-state index is 0.120. The highest BCUT2D eigenvalue weighted by Gasteiger charge is 2.11. The van der Waals surface area contributed by atoms with E-state index in [1.54, 1.807) is 4.90 Å². The standard InChI is InChI=1S/C15H23N3O2/c1-2-18(12-11-14(16)17-20)15(19)10-6-9-13-7-4-3-5-8-13/h3-5,7-8,20H,2,6,9-12H2,1H3,(H2,16,17). The molecule has 5 heteroatoms. The molecule has 0 saturated carbocycles. The van der Waals surface area contributed by atoms with Gasteiger partial charge in [0, 0.05) is 25.9 Å². The molecule has 1 aromatic carbocycles.